The van der Waals surface area contributed by atoms with E-state index in [4.69, 9.17) is 11.6 Å². The van der Waals surface area contributed by atoms with Gasteiger partial charge in [-0.15, -0.1) is 0 Å². The minimum Gasteiger partial charge on any atom is -0.340 e. The number of likely N-dealkylation sites (tertiary alicyclic amines) is 1. The van der Waals surface area contributed by atoms with Gasteiger partial charge in [0.2, 0.25) is 5.91 Å². The zero-order chi connectivity index (χ0) is 22.7. The first-order valence-corrected chi connectivity index (χ1v) is 11.0. The third-order valence-electron chi connectivity index (χ3n) is 4.98. The number of benzene rings is 1. The molecule has 2 aromatic heterocycles. The monoisotopic (exact) mass is 481 g/mol. The SMILES string of the molecule is O=C(/C=C/CN1CCC(F)(F)CC1)Nc1cc2c(Nc3ccc(F)c(Cl)c3)ncnc2s1. The molecule has 1 aliphatic rings. The summed E-state index contributed by atoms with van der Waals surface area (Å²) in [6, 6.07) is 5.99. The molecule has 3 aromatic rings. The number of aromatic nitrogens is 2. The topological polar surface area (TPSA) is 70.2 Å². The van der Waals surface area contributed by atoms with Gasteiger partial charge in [-0.2, -0.15) is 0 Å². The van der Waals surface area contributed by atoms with Gasteiger partial charge in [0.25, 0.3) is 5.92 Å². The Kier molecular flexibility index (Phi) is 6.63. The molecule has 1 fully saturated rings. The quantitative estimate of drug-likeness (QED) is 0.458. The van der Waals surface area contributed by atoms with Crippen LogP contribution in [0.4, 0.5) is 29.7 Å². The maximum absolute atomic E-state index is 13.4. The molecule has 6 nitrogen and oxygen atoms in total. The summed E-state index contributed by atoms with van der Waals surface area (Å²) in [7, 11) is 0. The lowest BCUT2D eigenvalue weighted by atomic mass is 10.1. The molecule has 1 aromatic carbocycles. The Hall–Kier alpha value is -2.69. The van der Waals surface area contributed by atoms with Crippen molar-refractivity contribution in [3.05, 3.63) is 53.6 Å². The molecule has 0 unspecified atom stereocenters. The van der Waals surface area contributed by atoms with E-state index < -0.39 is 11.7 Å². The molecule has 1 amide bonds. The number of amides is 1. The average Bonchev–Trinajstić information content (AvgIpc) is 3.15. The predicted molar refractivity (Wildman–Crippen MR) is 120 cm³/mol. The highest BCUT2D eigenvalue weighted by Gasteiger charge is 2.33. The lowest BCUT2D eigenvalue weighted by Crippen LogP contribution is -2.39. The predicted octanol–water partition coefficient (Wildman–Crippen LogP) is 5.45. The number of carbonyl (C=O) groups is 1. The van der Waals surface area contributed by atoms with Crippen LogP contribution in [0.25, 0.3) is 10.2 Å². The Labute approximate surface area is 191 Å². The summed E-state index contributed by atoms with van der Waals surface area (Å²) in [6.45, 7) is 1.06. The molecule has 0 saturated carbocycles. The maximum atomic E-state index is 13.4. The highest BCUT2D eigenvalue weighted by atomic mass is 35.5. The molecule has 0 aliphatic carbocycles. The van der Waals surface area contributed by atoms with E-state index in [2.05, 4.69) is 20.6 Å². The van der Waals surface area contributed by atoms with Crippen LogP contribution in [0.1, 0.15) is 12.8 Å². The van der Waals surface area contributed by atoms with Gasteiger partial charge in [0.1, 0.15) is 22.8 Å². The van der Waals surface area contributed by atoms with E-state index in [1.165, 1.54) is 35.9 Å². The highest BCUT2D eigenvalue weighted by Crippen LogP contribution is 2.33. The molecule has 168 valence electrons. The molecule has 0 bridgehead atoms. The zero-order valence-corrected chi connectivity index (χ0v) is 18.3. The van der Waals surface area contributed by atoms with Gasteiger partial charge in [-0.3, -0.25) is 9.69 Å². The van der Waals surface area contributed by atoms with E-state index in [0.717, 1.165) is 0 Å². The number of nitrogens with zero attached hydrogens (tertiary/aromatic N) is 3. The molecule has 0 spiro atoms. The first kappa shape index (κ1) is 22.5. The van der Waals surface area contributed by atoms with E-state index in [1.54, 1.807) is 18.2 Å². The second kappa shape index (κ2) is 9.43. The van der Waals surface area contributed by atoms with Crippen LogP contribution >= 0.6 is 22.9 Å². The molecule has 2 N–H and O–H groups in total. The van der Waals surface area contributed by atoms with Crippen LogP contribution in [-0.4, -0.2) is 46.3 Å². The van der Waals surface area contributed by atoms with Gasteiger partial charge in [-0.05, 0) is 24.3 Å². The number of carbonyl (C=O) groups excluding carboxylic acids is 1. The normalized spacial score (nSPS) is 16.5. The van der Waals surface area contributed by atoms with E-state index >= 15 is 0 Å². The van der Waals surface area contributed by atoms with Gasteiger partial charge >= 0.3 is 0 Å². The number of hydrogen-bond acceptors (Lipinski definition) is 6. The molecule has 4 rings (SSSR count). The number of anilines is 3. The van der Waals surface area contributed by atoms with Crippen LogP contribution in [0.15, 0.2) is 42.7 Å². The largest absolute Gasteiger partial charge is 0.340 e. The van der Waals surface area contributed by atoms with Gasteiger partial charge in [0, 0.05) is 44.2 Å². The van der Waals surface area contributed by atoms with Gasteiger partial charge in [0.05, 0.1) is 15.4 Å². The third-order valence-corrected chi connectivity index (χ3v) is 6.23. The van der Waals surface area contributed by atoms with Crippen molar-refractivity contribution in [2.24, 2.45) is 0 Å². The minimum absolute atomic E-state index is 0.0105. The van der Waals surface area contributed by atoms with Crippen molar-refractivity contribution >= 4 is 55.6 Å². The van der Waals surface area contributed by atoms with Crippen molar-refractivity contribution in [3.63, 3.8) is 0 Å². The van der Waals surface area contributed by atoms with Crippen molar-refractivity contribution in [2.45, 2.75) is 18.8 Å². The van der Waals surface area contributed by atoms with E-state index in [0.29, 0.717) is 46.4 Å². The molecule has 0 atom stereocenters. The Balaban J connectivity index is 1.39. The van der Waals surface area contributed by atoms with Crippen LogP contribution in [0, 0.1) is 5.82 Å². The Morgan fingerprint density at radius 2 is 2.03 bits per heavy atom. The number of alkyl halides is 2. The molecule has 1 saturated heterocycles. The van der Waals surface area contributed by atoms with Gasteiger partial charge in [-0.25, -0.2) is 23.1 Å². The fourth-order valence-corrected chi connectivity index (χ4v) is 4.34. The summed E-state index contributed by atoms with van der Waals surface area (Å²) in [5, 5.41) is 7.11. The van der Waals surface area contributed by atoms with Gasteiger partial charge in [0.15, 0.2) is 0 Å². The third kappa shape index (κ3) is 5.56. The number of rotatable bonds is 6. The Bertz CT molecular complexity index is 1160. The molecular weight excluding hydrogens is 463 g/mol. The summed E-state index contributed by atoms with van der Waals surface area (Å²) >= 11 is 7.11. The summed E-state index contributed by atoms with van der Waals surface area (Å²) in [4.78, 5) is 23.2. The maximum Gasteiger partial charge on any atom is 0.250 e. The second-order valence-electron chi connectivity index (χ2n) is 7.35. The van der Waals surface area contributed by atoms with Gasteiger partial charge < -0.3 is 10.6 Å². The fraction of sp³-hybridized carbons (Fsp3) is 0.286. The van der Waals surface area contributed by atoms with E-state index in [1.807, 2.05) is 4.90 Å². The Morgan fingerprint density at radius 1 is 1.25 bits per heavy atom. The summed E-state index contributed by atoms with van der Waals surface area (Å²) in [6.07, 6.45) is 4.13. The number of fused-ring (bicyclic) bond motifs is 1. The lowest BCUT2D eigenvalue weighted by Gasteiger charge is -2.30. The lowest BCUT2D eigenvalue weighted by molar-refractivity contribution is -0.111. The number of halogens is 4. The molecule has 3 heterocycles. The first-order valence-electron chi connectivity index (χ1n) is 9.83. The van der Waals surface area contributed by atoms with Crippen LogP contribution in [0.3, 0.4) is 0 Å². The second-order valence-corrected chi connectivity index (χ2v) is 8.79. The number of thiophene rings is 1. The van der Waals surface area contributed by atoms with Crippen molar-refractivity contribution in [1.82, 2.24) is 14.9 Å². The van der Waals surface area contributed by atoms with Crippen molar-refractivity contribution in [1.29, 1.82) is 0 Å². The number of nitrogens with one attached hydrogen (secondary N) is 2. The van der Waals surface area contributed by atoms with Crippen molar-refractivity contribution < 1.29 is 18.0 Å². The smallest absolute Gasteiger partial charge is 0.250 e. The van der Waals surface area contributed by atoms with Crippen LogP contribution in [0.5, 0.6) is 0 Å². The first-order chi connectivity index (χ1) is 15.3. The Morgan fingerprint density at radius 3 is 2.78 bits per heavy atom. The molecule has 11 heteroatoms. The van der Waals surface area contributed by atoms with Crippen molar-refractivity contribution in [3.8, 4) is 0 Å². The summed E-state index contributed by atoms with van der Waals surface area (Å²) in [5.41, 5.74) is 0.562. The summed E-state index contributed by atoms with van der Waals surface area (Å²) < 4.78 is 39.8. The van der Waals surface area contributed by atoms with Gasteiger partial charge in [-0.1, -0.05) is 29.0 Å². The van der Waals surface area contributed by atoms with Crippen LogP contribution < -0.4 is 10.6 Å². The molecule has 1 aliphatic heterocycles. The van der Waals surface area contributed by atoms with Crippen LogP contribution in [0.2, 0.25) is 5.02 Å². The van der Waals surface area contributed by atoms with Crippen molar-refractivity contribution in [2.75, 3.05) is 30.3 Å². The average molecular weight is 482 g/mol. The molecule has 0 radical (unpaired) electrons. The number of hydrogen-bond donors (Lipinski definition) is 2. The standard InChI is InChI=1S/C21H19ClF3N5OS/c22-15-10-13(3-4-16(15)23)28-19-14-11-18(32-20(14)27-12-26-19)29-17(31)2-1-7-30-8-5-21(24,25)6-9-30/h1-4,10-12H,5-9H2,(H,29,31)(H,26,27,28)/b2-1+. The molecule has 32 heavy (non-hydrogen) atoms. The summed E-state index contributed by atoms with van der Waals surface area (Å²) in [5.74, 6) is -2.94. The fourth-order valence-electron chi connectivity index (χ4n) is 3.26. The minimum atomic E-state index is -2.58. The zero-order valence-electron chi connectivity index (χ0n) is 16.7. The van der Waals surface area contributed by atoms with E-state index in [-0.39, 0.29) is 23.8 Å². The number of piperidine rings is 1. The van der Waals surface area contributed by atoms with Crippen LogP contribution in [-0.2, 0) is 4.79 Å². The molecular formula is C21H19ClF3N5OS. The highest BCUT2D eigenvalue weighted by molar-refractivity contribution is 7.22. The van der Waals surface area contributed by atoms with E-state index in [9.17, 15) is 18.0 Å².